The van der Waals surface area contributed by atoms with Gasteiger partial charge in [-0.05, 0) is 34.6 Å². The van der Waals surface area contributed by atoms with Crippen molar-refractivity contribution in [3.05, 3.63) is 0 Å². The molecule has 1 fully saturated rings. The largest absolute Gasteiger partial charge is 0.444 e. The van der Waals surface area contributed by atoms with Gasteiger partial charge in [0.15, 0.2) is 0 Å². The van der Waals surface area contributed by atoms with E-state index < -0.39 is 5.60 Å². The number of rotatable bonds is 4. The summed E-state index contributed by atoms with van der Waals surface area (Å²) in [6.45, 7) is 14.1. The second kappa shape index (κ2) is 7.64. The smallest absolute Gasteiger partial charge is 0.410 e. The van der Waals surface area contributed by atoms with Crippen LogP contribution < -0.4 is 0 Å². The number of ether oxygens (including phenoxy) is 1. The number of nitrogens with zero attached hydrogens (tertiary/aromatic N) is 3. The first-order valence-electron chi connectivity index (χ1n) is 7.75. The summed E-state index contributed by atoms with van der Waals surface area (Å²) in [6, 6.07) is 0. The van der Waals surface area contributed by atoms with Gasteiger partial charge in [0, 0.05) is 39.3 Å². The van der Waals surface area contributed by atoms with Gasteiger partial charge in [0.25, 0.3) is 0 Å². The zero-order chi connectivity index (χ0) is 16.0. The van der Waals surface area contributed by atoms with Crippen LogP contribution in [0.3, 0.4) is 0 Å². The van der Waals surface area contributed by atoms with Crippen molar-refractivity contribution >= 4 is 12.0 Å². The summed E-state index contributed by atoms with van der Waals surface area (Å²) < 4.78 is 5.36. The highest BCUT2D eigenvalue weighted by Gasteiger charge is 2.26. The Labute approximate surface area is 128 Å². The highest BCUT2D eigenvalue weighted by molar-refractivity contribution is 5.78. The van der Waals surface area contributed by atoms with E-state index in [-0.39, 0.29) is 12.0 Å². The lowest BCUT2D eigenvalue weighted by atomic mass is 10.2. The third kappa shape index (κ3) is 5.91. The lowest BCUT2D eigenvalue weighted by Gasteiger charge is -2.35. The summed E-state index contributed by atoms with van der Waals surface area (Å²) in [7, 11) is 0. The Morgan fingerprint density at radius 1 is 1.05 bits per heavy atom. The first-order chi connectivity index (χ1) is 9.76. The fourth-order valence-corrected chi connectivity index (χ4v) is 2.28. The monoisotopic (exact) mass is 299 g/mol. The zero-order valence-corrected chi connectivity index (χ0v) is 14.0. The summed E-state index contributed by atoms with van der Waals surface area (Å²) >= 11 is 0. The third-order valence-electron chi connectivity index (χ3n) is 3.50. The van der Waals surface area contributed by atoms with Crippen LogP contribution in [0.5, 0.6) is 0 Å². The van der Waals surface area contributed by atoms with Crippen LogP contribution >= 0.6 is 0 Å². The van der Waals surface area contributed by atoms with E-state index in [0.29, 0.717) is 32.7 Å². The standard InChI is InChI=1S/C15H29N3O3/c1-6-17(7-2)13(19)12-16-8-10-18(11-9-16)14(20)21-15(3,4)5/h6-12H2,1-5H3. The molecule has 0 aromatic heterocycles. The van der Waals surface area contributed by atoms with Crippen LogP contribution in [0.25, 0.3) is 0 Å². The van der Waals surface area contributed by atoms with Gasteiger partial charge in [-0.1, -0.05) is 0 Å². The second-order valence-corrected chi connectivity index (χ2v) is 6.31. The maximum atomic E-state index is 12.1. The van der Waals surface area contributed by atoms with Gasteiger partial charge in [0.2, 0.25) is 5.91 Å². The molecule has 0 bridgehead atoms. The molecule has 0 spiro atoms. The van der Waals surface area contributed by atoms with Crippen molar-refractivity contribution in [1.29, 1.82) is 0 Å². The SMILES string of the molecule is CCN(CC)C(=O)CN1CCN(C(=O)OC(C)(C)C)CC1. The first-order valence-corrected chi connectivity index (χ1v) is 7.75. The van der Waals surface area contributed by atoms with Gasteiger partial charge in [-0.15, -0.1) is 0 Å². The van der Waals surface area contributed by atoms with E-state index in [1.54, 1.807) is 4.90 Å². The minimum atomic E-state index is -0.465. The first kappa shape index (κ1) is 17.8. The summed E-state index contributed by atoms with van der Waals surface area (Å²) in [5.41, 5.74) is -0.465. The van der Waals surface area contributed by atoms with E-state index in [4.69, 9.17) is 4.74 Å². The summed E-state index contributed by atoms with van der Waals surface area (Å²) in [4.78, 5) is 29.7. The number of hydrogen-bond donors (Lipinski definition) is 0. The summed E-state index contributed by atoms with van der Waals surface area (Å²) in [6.07, 6.45) is -0.266. The van der Waals surface area contributed by atoms with Gasteiger partial charge in [0.1, 0.15) is 5.60 Å². The molecule has 21 heavy (non-hydrogen) atoms. The van der Waals surface area contributed by atoms with Crippen LogP contribution in [0.2, 0.25) is 0 Å². The van der Waals surface area contributed by atoms with Gasteiger partial charge in [-0.2, -0.15) is 0 Å². The van der Waals surface area contributed by atoms with E-state index in [1.807, 2.05) is 39.5 Å². The van der Waals surface area contributed by atoms with Gasteiger partial charge >= 0.3 is 6.09 Å². The van der Waals surface area contributed by atoms with Gasteiger partial charge < -0.3 is 14.5 Å². The molecule has 6 nitrogen and oxygen atoms in total. The maximum Gasteiger partial charge on any atom is 0.410 e. The average molecular weight is 299 g/mol. The number of hydrogen-bond acceptors (Lipinski definition) is 4. The Hall–Kier alpha value is -1.30. The van der Waals surface area contributed by atoms with Crippen LogP contribution in [0, 0.1) is 0 Å². The minimum absolute atomic E-state index is 0.158. The van der Waals surface area contributed by atoms with Crippen molar-refractivity contribution in [1.82, 2.24) is 14.7 Å². The fourth-order valence-electron chi connectivity index (χ4n) is 2.28. The van der Waals surface area contributed by atoms with Crippen molar-refractivity contribution < 1.29 is 14.3 Å². The Morgan fingerprint density at radius 3 is 2.00 bits per heavy atom. The number of amides is 2. The quantitative estimate of drug-likeness (QED) is 0.787. The maximum absolute atomic E-state index is 12.1. The number of piperazine rings is 1. The molecular weight excluding hydrogens is 270 g/mol. The summed E-state index contributed by atoms with van der Waals surface area (Å²) in [5, 5.41) is 0. The second-order valence-electron chi connectivity index (χ2n) is 6.31. The molecule has 0 aliphatic carbocycles. The highest BCUT2D eigenvalue weighted by Crippen LogP contribution is 2.11. The minimum Gasteiger partial charge on any atom is -0.444 e. The van der Waals surface area contributed by atoms with E-state index >= 15 is 0 Å². The van der Waals surface area contributed by atoms with E-state index in [2.05, 4.69) is 4.90 Å². The zero-order valence-electron chi connectivity index (χ0n) is 14.0. The normalized spacial score (nSPS) is 16.7. The van der Waals surface area contributed by atoms with Crippen molar-refractivity contribution in [3.63, 3.8) is 0 Å². The molecule has 0 atom stereocenters. The van der Waals surface area contributed by atoms with Crippen LogP contribution in [0.15, 0.2) is 0 Å². The molecule has 1 saturated heterocycles. The van der Waals surface area contributed by atoms with Crippen LogP contribution in [0.4, 0.5) is 4.79 Å². The lowest BCUT2D eigenvalue weighted by Crippen LogP contribution is -2.52. The van der Waals surface area contributed by atoms with Crippen molar-refractivity contribution in [2.75, 3.05) is 45.8 Å². The Morgan fingerprint density at radius 2 is 1.57 bits per heavy atom. The Kier molecular flexibility index (Phi) is 6.45. The lowest BCUT2D eigenvalue weighted by molar-refractivity contribution is -0.132. The Bertz CT molecular complexity index is 354. The number of likely N-dealkylation sites (N-methyl/N-ethyl adjacent to an activating group) is 1. The molecule has 1 heterocycles. The van der Waals surface area contributed by atoms with Gasteiger partial charge in [-0.3, -0.25) is 9.69 Å². The third-order valence-corrected chi connectivity index (χ3v) is 3.50. The van der Waals surface area contributed by atoms with Crippen LogP contribution in [-0.2, 0) is 9.53 Å². The molecule has 1 aliphatic rings. The van der Waals surface area contributed by atoms with Gasteiger partial charge in [-0.25, -0.2) is 4.79 Å². The molecule has 0 radical (unpaired) electrons. The molecule has 6 heteroatoms. The molecule has 0 saturated carbocycles. The molecule has 0 N–H and O–H groups in total. The van der Waals surface area contributed by atoms with Crippen LogP contribution in [-0.4, -0.2) is 78.1 Å². The fraction of sp³-hybridized carbons (Fsp3) is 0.867. The molecule has 0 unspecified atom stereocenters. The number of carbonyl (C=O) groups excluding carboxylic acids is 2. The van der Waals surface area contributed by atoms with Crippen molar-refractivity contribution in [3.8, 4) is 0 Å². The van der Waals surface area contributed by atoms with Crippen LogP contribution in [0.1, 0.15) is 34.6 Å². The van der Waals surface area contributed by atoms with Crippen molar-refractivity contribution in [2.24, 2.45) is 0 Å². The predicted octanol–water partition coefficient (Wildman–Crippen LogP) is 1.41. The topological polar surface area (TPSA) is 53.1 Å². The van der Waals surface area contributed by atoms with E-state index in [9.17, 15) is 9.59 Å². The molecule has 1 rings (SSSR count). The van der Waals surface area contributed by atoms with Crippen molar-refractivity contribution in [2.45, 2.75) is 40.2 Å². The molecule has 122 valence electrons. The highest BCUT2D eigenvalue weighted by atomic mass is 16.6. The average Bonchev–Trinajstić information content (AvgIpc) is 2.39. The molecule has 0 aromatic carbocycles. The molecule has 0 aromatic rings. The summed E-state index contributed by atoms with van der Waals surface area (Å²) in [5.74, 6) is 0.158. The van der Waals surface area contributed by atoms with E-state index in [1.165, 1.54) is 0 Å². The molecule has 1 aliphatic heterocycles. The predicted molar refractivity (Wildman–Crippen MR) is 82.2 cm³/mol. The molecule has 2 amide bonds. The Balaban J connectivity index is 2.39. The van der Waals surface area contributed by atoms with E-state index in [0.717, 1.165) is 13.1 Å². The number of carbonyl (C=O) groups is 2. The van der Waals surface area contributed by atoms with Gasteiger partial charge in [0.05, 0.1) is 6.54 Å². The molecular formula is C15H29N3O3.